The number of carboxylic acids is 1. The van der Waals surface area contributed by atoms with Crippen LogP contribution in [-0.2, 0) is 14.3 Å². The summed E-state index contributed by atoms with van der Waals surface area (Å²) in [6, 6.07) is 21.5. The lowest BCUT2D eigenvalue weighted by Crippen LogP contribution is -2.57. The summed E-state index contributed by atoms with van der Waals surface area (Å²) in [7, 11) is 1.27. The molecule has 0 bridgehead atoms. The fourth-order valence-corrected chi connectivity index (χ4v) is 5.77. The van der Waals surface area contributed by atoms with Gasteiger partial charge in [-0.15, -0.1) is 0 Å². The first-order valence-corrected chi connectivity index (χ1v) is 14.3. The van der Waals surface area contributed by atoms with Crippen molar-refractivity contribution in [2.24, 2.45) is 0 Å². The average molecular weight is 586 g/mol. The number of carbonyl (C=O) groups is 4. The Morgan fingerprint density at radius 3 is 2.28 bits per heavy atom. The molecule has 0 saturated carbocycles. The molecule has 0 radical (unpaired) electrons. The molecular weight excluding hydrogens is 546 g/mol. The van der Waals surface area contributed by atoms with Crippen molar-refractivity contribution >= 4 is 29.6 Å². The molecule has 3 unspecified atom stereocenters. The first kappa shape index (κ1) is 31.3. The Balaban J connectivity index is 1.94. The average Bonchev–Trinajstić information content (AvgIpc) is 3.09. The summed E-state index contributed by atoms with van der Waals surface area (Å²) in [5.74, 6) is -2.42. The molecule has 1 aliphatic rings. The van der Waals surface area contributed by atoms with Gasteiger partial charge in [-0.25, -0.2) is 9.59 Å². The fourth-order valence-electron chi connectivity index (χ4n) is 5.77. The number of aliphatic carboxylic acids is 1. The van der Waals surface area contributed by atoms with Crippen LogP contribution in [0.25, 0.3) is 0 Å². The monoisotopic (exact) mass is 585 g/mol. The van der Waals surface area contributed by atoms with Gasteiger partial charge in [0.2, 0.25) is 5.91 Å². The minimum absolute atomic E-state index is 0.201. The van der Waals surface area contributed by atoms with Gasteiger partial charge in [-0.3, -0.25) is 14.5 Å². The maximum atomic E-state index is 14.6. The van der Waals surface area contributed by atoms with Crippen molar-refractivity contribution < 1.29 is 29.0 Å². The van der Waals surface area contributed by atoms with Crippen LogP contribution < -0.4 is 10.2 Å². The highest BCUT2D eigenvalue weighted by Crippen LogP contribution is 2.42. The van der Waals surface area contributed by atoms with Crippen LogP contribution in [0.5, 0.6) is 0 Å². The van der Waals surface area contributed by atoms with Gasteiger partial charge in [0, 0.05) is 11.2 Å². The van der Waals surface area contributed by atoms with Crippen molar-refractivity contribution in [3.05, 3.63) is 101 Å². The maximum Gasteiger partial charge on any atom is 0.337 e. The molecule has 3 aromatic rings. The van der Waals surface area contributed by atoms with Crippen LogP contribution in [0.2, 0.25) is 0 Å². The van der Waals surface area contributed by atoms with Crippen molar-refractivity contribution in [3.8, 4) is 0 Å². The number of aryl methyl sites for hydroxylation is 1. The SMILES string of the molecule is COC(=O)c1cccc(N(C(=O)NC(C)(C)C)C2CC(c3ccccc3C)CC(c3ccccc3)N(CC(=O)O)C2=O)c1. The minimum Gasteiger partial charge on any atom is -0.480 e. The summed E-state index contributed by atoms with van der Waals surface area (Å²) in [5, 5.41) is 12.9. The van der Waals surface area contributed by atoms with Crippen LogP contribution in [0.1, 0.15) is 72.6 Å². The van der Waals surface area contributed by atoms with Gasteiger partial charge in [0.15, 0.2) is 0 Å². The highest BCUT2D eigenvalue weighted by atomic mass is 16.5. The van der Waals surface area contributed by atoms with E-state index in [0.717, 1.165) is 16.7 Å². The summed E-state index contributed by atoms with van der Waals surface area (Å²) < 4.78 is 4.91. The number of methoxy groups -OCH3 is 1. The molecule has 1 fully saturated rings. The molecule has 1 saturated heterocycles. The van der Waals surface area contributed by atoms with Crippen molar-refractivity contribution in [2.45, 2.75) is 64.1 Å². The van der Waals surface area contributed by atoms with E-state index in [1.54, 1.807) is 18.2 Å². The zero-order valence-electron chi connectivity index (χ0n) is 25.2. The molecule has 226 valence electrons. The van der Waals surface area contributed by atoms with Gasteiger partial charge < -0.3 is 20.1 Å². The quantitative estimate of drug-likeness (QED) is 0.344. The number of urea groups is 1. The number of anilines is 1. The van der Waals surface area contributed by atoms with Crippen LogP contribution in [0.4, 0.5) is 10.5 Å². The number of carbonyl (C=O) groups excluding carboxylic acids is 3. The van der Waals surface area contributed by atoms with Gasteiger partial charge >= 0.3 is 18.0 Å². The minimum atomic E-state index is -1.15. The molecule has 0 aliphatic carbocycles. The molecule has 3 amide bonds. The van der Waals surface area contributed by atoms with E-state index >= 15 is 0 Å². The summed E-state index contributed by atoms with van der Waals surface area (Å²) in [5.41, 5.74) is 2.77. The van der Waals surface area contributed by atoms with Crippen LogP contribution in [0, 0.1) is 6.92 Å². The zero-order chi connectivity index (χ0) is 31.3. The largest absolute Gasteiger partial charge is 0.480 e. The third-order valence-electron chi connectivity index (χ3n) is 7.64. The van der Waals surface area contributed by atoms with E-state index in [1.807, 2.05) is 82.3 Å². The molecule has 9 nitrogen and oxygen atoms in total. The number of nitrogens with one attached hydrogen (secondary N) is 1. The van der Waals surface area contributed by atoms with E-state index in [9.17, 15) is 24.3 Å². The van der Waals surface area contributed by atoms with Crippen LogP contribution in [0.15, 0.2) is 78.9 Å². The Morgan fingerprint density at radius 2 is 1.65 bits per heavy atom. The van der Waals surface area contributed by atoms with Gasteiger partial charge in [-0.2, -0.15) is 0 Å². The smallest absolute Gasteiger partial charge is 0.337 e. The molecule has 43 heavy (non-hydrogen) atoms. The summed E-state index contributed by atoms with van der Waals surface area (Å²) >= 11 is 0. The normalized spacial score (nSPS) is 18.9. The molecule has 0 spiro atoms. The number of hydrogen-bond acceptors (Lipinski definition) is 5. The topological polar surface area (TPSA) is 116 Å². The number of ether oxygens (including phenoxy) is 1. The Hall–Kier alpha value is -4.66. The van der Waals surface area contributed by atoms with Gasteiger partial charge in [-0.05, 0) is 81.3 Å². The Bertz CT molecular complexity index is 1480. The summed E-state index contributed by atoms with van der Waals surface area (Å²) in [6.07, 6.45) is 0.699. The first-order valence-electron chi connectivity index (χ1n) is 14.3. The van der Waals surface area contributed by atoms with E-state index in [4.69, 9.17) is 4.74 Å². The second-order valence-electron chi connectivity index (χ2n) is 11.9. The molecular formula is C34H39N3O6. The zero-order valence-corrected chi connectivity index (χ0v) is 25.2. The van der Waals surface area contributed by atoms with Crippen LogP contribution in [-0.4, -0.2) is 59.1 Å². The van der Waals surface area contributed by atoms with Gasteiger partial charge in [-0.1, -0.05) is 60.7 Å². The number of rotatable bonds is 7. The van der Waals surface area contributed by atoms with Gasteiger partial charge in [0.1, 0.15) is 12.6 Å². The lowest BCUT2D eigenvalue weighted by molar-refractivity contribution is -0.146. The second-order valence-corrected chi connectivity index (χ2v) is 11.9. The number of benzene rings is 3. The maximum absolute atomic E-state index is 14.6. The molecule has 9 heteroatoms. The Labute approximate surface area is 252 Å². The standard InChI is InChI=1S/C34H39N3O6/c1-22-12-9-10-17-27(22)25-19-28(23-13-7-6-8-14-23)36(21-30(38)39)31(40)29(20-25)37(33(42)35-34(2,3)4)26-16-11-15-24(18-26)32(41)43-5/h6-18,25,28-29H,19-21H2,1-5H3,(H,35,42)(H,38,39). The van der Waals surface area contributed by atoms with Crippen LogP contribution in [0.3, 0.4) is 0 Å². The second kappa shape index (κ2) is 13.1. The summed E-state index contributed by atoms with van der Waals surface area (Å²) in [4.78, 5) is 56.1. The molecule has 0 aromatic heterocycles. The number of nitrogens with zero attached hydrogens (tertiary/aromatic N) is 2. The predicted molar refractivity (Wildman–Crippen MR) is 164 cm³/mol. The Kier molecular flexibility index (Phi) is 9.53. The summed E-state index contributed by atoms with van der Waals surface area (Å²) in [6.45, 7) is 6.98. The van der Waals surface area contributed by atoms with Crippen LogP contribution >= 0.6 is 0 Å². The highest BCUT2D eigenvalue weighted by Gasteiger charge is 2.44. The number of esters is 1. The molecule has 2 N–H and O–H groups in total. The third-order valence-corrected chi connectivity index (χ3v) is 7.64. The van der Waals surface area contributed by atoms with E-state index in [-0.39, 0.29) is 17.9 Å². The van der Waals surface area contributed by atoms with Crippen molar-refractivity contribution in [2.75, 3.05) is 18.6 Å². The van der Waals surface area contributed by atoms with Gasteiger partial charge in [0.05, 0.1) is 18.7 Å². The molecule has 3 aromatic carbocycles. The lowest BCUT2D eigenvalue weighted by atomic mass is 9.84. The Morgan fingerprint density at radius 1 is 0.977 bits per heavy atom. The predicted octanol–water partition coefficient (Wildman–Crippen LogP) is 5.70. The highest BCUT2D eigenvalue weighted by molar-refractivity contribution is 6.02. The van der Waals surface area contributed by atoms with E-state index < -0.39 is 48.0 Å². The molecule has 1 heterocycles. The number of likely N-dealkylation sites (tertiary alicyclic amines) is 1. The molecule has 3 atom stereocenters. The van der Waals surface area contributed by atoms with Gasteiger partial charge in [0.25, 0.3) is 0 Å². The van der Waals surface area contributed by atoms with E-state index in [1.165, 1.54) is 23.0 Å². The number of amides is 3. The van der Waals surface area contributed by atoms with E-state index in [2.05, 4.69) is 5.32 Å². The van der Waals surface area contributed by atoms with Crippen molar-refractivity contribution in [3.63, 3.8) is 0 Å². The van der Waals surface area contributed by atoms with E-state index in [0.29, 0.717) is 12.1 Å². The molecule has 1 aliphatic heterocycles. The van der Waals surface area contributed by atoms with Crippen molar-refractivity contribution in [1.82, 2.24) is 10.2 Å². The lowest BCUT2D eigenvalue weighted by Gasteiger charge is -2.36. The first-order chi connectivity index (χ1) is 20.4. The number of carboxylic acid groups (broad SMARTS) is 1. The molecule has 4 rings (SSSR count). The number of hydrogen-bond donors (Lipinski definition) is 2. The third kappa shape index (κ3) is 7.41. The fraction of sp³-hybridized carbons (Fsp3) is 0.353. The van der Waals surface area contributed by atoms with Crippen molar-refractivity contribution in [1.29, 1.82) is 0 Å².